The van der Waals surface area contributed by atoms with Crippen LogP contribution >= 0.6 is 0 Å². The number of nitrogens with two attached hydrogens (primary N) is 3. The molecule has 212 valence electrons. The minimum absolute atomic E-state index is 0.0623. The van der Waals surface area contributed by atoms with Crippen LogP contribution in [0.3, 0.4) is 0 Å². The lowest BCUT2D eigenvalue weighted by molar-refractivity contribution is -0.143. The third-order valence-corrected chi connectivity index (χ3v) is 5.24. The Bertz CT molecular complexity index is 813. The molecule has 11 N–H and O–H groups in total. The SMILES string of the molecule is CC(C)CC(N)C(=O)NC(CCCN=C(N)N)C(=O)NC(CC(C)C)C(=O)NC(CCC(=O)O)C(=O)O. The van der Waals surface area contributed by atoms with Gasteiger partial charge in [-0.15, -0.1) is 0 Å². The number of hydrogen-bond donors (Lipinski definition) is 8. The Morgan fingerprint density at radius 3 is 1.76 bits per heavy atom. The highest BCUT2D eigenvalue weighted by molar-refractivity contribution is 5.94. The van der Waals surface area contributed by atoms with Crippen LogP contribution in [0.4, 0.5) is 0 Å². The van der Waals surface area contributed by atoms with Gasteiger partial charge >= 0.3 is 11.9 Å². The van der Waals surface area contributed by atoms with Gasteiger partial charge in [-0.25, -0.2) is 4.79 Å². The molecule has 0 aromatic heterocycles. The first-order chi connectivity index (χ1) is 17.1. The summed E-state index contributed by atoms with van der Waals surface area (Å²) in [5, 5.41) is 25.7. The maximum absolute atomic E-state index is 13.2. The molecular weight excluding hydrogens is 486 g/mol. The van der Waals surface area contributed by atoms with E-state index in [9.17, 15) is 29.1 Å². The molecule has 14 nitrogen and oxygen atoms in total. The maximum atomic E-state index is 13.2. The van der Waals surface area contributed by atoms with Crippen molar-refractivity contribution in [3.63, 3.8) is 0 Å². The van der Waals surface area contributed by atoms with E-state index < -0.39 is 60.2 Å². The second-order valence-electron chi connectivity index (χ2n) is 9.77. The van der Waals surface area contributed by atoms with Crippen molar-refractivity contribution in [2.75, 3.05) is 6.54 Å². The van der Waals surface area contributed by atoms with Crippen LogP contribution in [-0.2, 0) is 24.0 Å². The Morgan fingerprint density at radius 1 is 0.757 bits per heavy atom. The third-order valence-electron chi connectivity index (χ3n) is 5.24. The molecule has 0 saturated heterocycles. The number of aliphatic carboxylic acids is 2. The van der Waals surface area contributed by atoms with Gasteiger partial charge in [0, 0.05) is 13.0 Å². The molecule has 37 heavy (non-hydrogen) atoms. The number of carbonyl (C=O) groups excluding carboxylic acids is 3. The van der Waals surface area contributed by atoms with Crippen LogP contribution in [0.15, 0.2) is 4.99 Å². The van der Waals surface area contributed by atoms with E-state index in [2.05, 4.69) is 20.9 Å². The molecular formula is C23H43N7O7. The summed E-state index contributed by atoms with van der Waals surface area (Å²) in [6, 6.07) is -4.46. The minimum atomic E-state index is -1.45. The molecule has 0 radical (unpaired) electrons. The van der Waals surface area contributed by atoms with E-state index in [1.807, 2.05) is 27.7 Å². The van der Waals surface area contributed by atoms with Crippen LogP contribution < -0.4 is 33.2 Å². The van der Waals surface area contributed by atoms with Crippen LogP contribution in [0.1, 0.15) is 66.2 Å². The summed E-state index contributed by atoms with van der Waals surface area (Å²) in [6.45, 7) is 7.64. The monoisotopic (exact) mass is 529 g/mol. The van der Waals surface area contributed by atoms with Crippen LogP contribution in [-0.4, -0.2) is 76.5 Å². The van der Waals surface area contributed by atoms with Gasteiger partial charge in [0.15, 0.2) is 5.96 Å². The van der Waals surface area contributed by atoms with Gasteiger partial charge in [-0.3, -0.25) is 24.2 Å². The molecule has 14 heteroatoms. The van der Waals surface area contributed by atoms with Gasteiger partial charge in [-0.05, 0) is 43.9 Å². The number of rotatable bonds is 18. The number of carboxylic acid groups (broad SMARTS) is 2. The van der Waals surface area contributed by atoms with Gasteiger partial charge in [0.1, 0.15) is 18.1 Å². The van der Waals surface area contributed by atoms with E-state index in [-0.39, 0.29) is 43.6 Å². The highest BCUT2D eigenvalue weighted by Crippen LogP contribution is 2.09. The molecule has 4 atom stereocenters. The molecule has 4 unspecified atom stereocenters. The summed E-state index contributed by atoms with van der Waals surface area (Å²) in [7, 11) is 0. The van der Waals surface area contributed by atoms with E-state index in [1.165, 1.54) is 0 Å². The molecule has 0 aromatic rings. The van der Waals surface area contributed by atoms with E-state index >= 15 is 0 Å². The van der Waals surface area contributed by atoms with Gasteiger partial charge in [-0.1, -0.05) is 27.7 Å². The number of nitrogens with zero attached hydrogens (tertiary/aromatic N) is 1. The van der Waals surface area contributed by atoms with E-state index in [0.29, 0.717) is 12.8 Å². The van der Waals surface area contributed by atoms with E-state index in [4.69, 9.17) is 22.3 Å². The van der Waals surface area contributed by atoms with Crippen LogP contribution in [0.5, 0.6) is 0 Å². The zero-order valence-electron chi connectivity index (χ0n) is 22.0. The standard InChI is InChI=1S/C23H43N7O7/c1-12(2)10-14(24)19(33)28-15(6-5-9-27-23(25)26)20(34)30-17(11-13(3)4)21(35)29-16(22(36)37)7-8-18(31)32/h12-17H,5-11,24H2,1-4H3,(H,28,33)(H,29,35)(H,30,34)(H,31,32)(H,36,37)(H4,25,26,27). The molecule has 0 aliphatic heterocycles. The van der Waals surface area contributed by atoms with Gasteiger partial charge < -0.3 is 43.4 Å². The highest BCUT2D eigenvalue weighted by atomic mass is 16.4. The number of aliphatic imine (C=N–C) groups is 1. The van der Waals surface area contributed by atoms with Crippen molar-refractivity contribution in [1.82, 2.24) is 16.0 Å². The van der Waals surface area contributed by atoms with Crippen molar-refractivity contribution in [3.05, 3.63) is 0 Å². The quantitative estimate of drug-likeness (QED) is 0.0601. The zero-order chi connectivity index (χ0) is 28.7. The molecule has 0 saturated carbocycles. The number of hydrogen-bond acceptors (Lipinski definition) is 7. The van der Waals surface area contributed by atoms with Crippen LogP contribution in [0, 0.1) is 11.8 Å². The lowest BCUT2D eigenvalue weighted by atomic mass is 10.0. The predicted octanol–water partition coefficient (Wildman–Crippen LogP) is -1.14. The van der Waals surface area contributed by atoms with Crippen molar-refractivity contribution >= 4 is 35.6 Å². The van der Waals surface area contributed by atoms with Gasteiger partial charge in [0.25, 0.3) is 0 Å². The molecule has 0 aliphatic rings. The molecule has 0 bridgehead atoms. The van der Waals surface area contributed by atoms with Gasteiger partial charge in [-0.2, -0.15) is 0 Å². The van der Waals surface area contributed by atoms with Crippen molar-refractivity contribution in [2.45, 2.75) is 90.4 Å². The summed E-state index contributed by atoms with van der Waals surface area (Å²) >= 11 is 0. The van der Waals surface area contributed by atoms with Crippen molar-refractivity contribution in [2.24, 2.45) is 34.0 Å². The highest BCUT2D eigenvalue weighted by Gasteiger charge is 2.31. The Kier molecular flexibility index (Phi) is 15.5. The second kappa shape index (κ2) is 17.1. The summed E-state index contributed by atoms with van der Waals surface area (Å²) in [6.07, 6.45) is 0.279. The maximum Gasteiger partial charge on any atom is 0.326 e. The fourth-order valence-electron chi connectivity index (χ4n) is 3.44. The zero-order valence-corrected chi connectivity index (χ0v) is 22.0. The lowest BCUT2D eigenvalue weighted by Crippen LogP contribution is -2.57. The Labute approximate surface area is 217 Å². The van der Waals surface area contributed by atoms with E-state index in [0.717, 1.165) is 0 Å². The first-order valence-corrected chi connectivity index (χ1v) is 12.3. The number of nitrogens with one attached hydrogen (secondary N) is 3. The predicted molar refractivity (Wildman–Crippen MR) is 137 cm³/mol. The largest absolute Gasteiger partial charge is 0.481 e. The topological polar surface area (TPSA) is 252 Å². The molecule has 0 aliphatic carbocycles. The van der Waals surface area contributed by atoms with Gasteiger partial charge in [0.2, 0.25) is 17.7 Å². The molecule has 0 spiro atoms. The fourth-order valence-corrected chi connectivity index (χ4v) is 3.44. The minimum Gasteiger partial charge on any atom is -0.481 e. The second-order valence-corrected chi connectivity index (χ2v) is 9.77. The number of carboxylic acids is 2. The molecule has 0 rings (SSSR count). The first-order valence-electron chi connectivity index (χ1n) is 12.3. The molecule has 0 heterocycles. The summed E-state index contributed by atoms with van der Waals surface area (Å²) in [4.78, 5) is 64.8. The number of guanidine groups is 1. The third kappa shape index (κ3) is 15.3. The summed E-state index contributed by atoms with van der Waals surface area (Å²) in [5.41, 5.74) is 16.6. The summed E-state index contributed by atoms with van der Waals surface area (Å²) < 4.78 is 0. The van der Waals surface area contributed by atoms with Crippen molar-refractivity contribution in [1.29, 1.82) is 0 Å². The Morgan fingerprint density at radius 2 is 1.27 bits per heavy atom. The average molecular weight is 530 g/mol. The molecule has 0 fully saturated rings. The Balaban J connectivity index is 5.62. The van der Waals surface area contributed by atoms with Gasteiger partial charge in [0.05, 0.1) is 6.04 Å². The average Bonchev–Trinajstić information content (AvgIpc) is 2.76. The Hall–Kier alpha value is -3.42. The smallest absolute Gasteiger partial charge is 0.326 e. The molecule has 3 amide bonds. The normalized spacial score (nSPS) is 14.2. The van der Waals surface area contributed by atoms with Crippen molar-refractivity contribution < 1.29 is 34.2 Å². The van der Waals surface area contributed by atoms with Crippen LogP contribution in [0.25, 0.3) is 0 Å². The molecule has 0 aromatic carbocycles. The van der Waals surface area contributed by atoms with Crippen LogP contribution in [0.2, 0.25) is 0 Å². The van der Waals surface area contributed by atoms with E-state index in [1.54, 1.807) is 0 Å². The fraction of sp³-hybridized carbons (Fsp3) is 0.739. The lowest BCUT2D eigenvalue weighted by Gasteiger charge is -2.26. The number of carbonyl (C=O) groups is 5. The number of amides is 3. The van der Waals surface area contributed by atoms with Crippen molar-refractivity contribution in [3.8, 4) is 0 Å². The first kappa shape index (κ1) is 33.6. The summed E-state index contributed by atoms with van der Waals surface area (Å²) in [5.74, 6) is -4.59.